The molecule has 0 unspecified atom stereocenters. The Hall–Kier alpha value is -2.64. The maximum atomic E-state index is 13.5. The largest absolute Gasteiger partial charge is 0.497 e. The third kappa shape index (κ3) is 4.91. The number of likely N-dealkylation sites (N-methyl/N-ethyl adjacent to an activating group) is 1. The summed E-state index contributed by atoms with van der Waals surface area (Å²) in [7, 11) is 5.63. The highest BCUT2D eigenvalue weighted by Gasteiger charge is 2.23. The number of hydrogen-bond acceptors (Lipinski definition) is 5. The summed E-state index contributed by atoms with van der Waals surface area (Å²) in [4.78, 5) is 23.5. The summed E-state index contributed by atoms with van der Waals surface area (Å²) < 4.78 is 6.37. The molecule has 0 saturated heterocycles. The van der Waals surface area contributed by atoms with E-state index in [9.17, 15) is 4.79 Å². The van der Waals surface area contributed by atoms with E-state index in [-0.39, 0.29) is 5.91 Å². The molecule has 0 aliphatic rings. The van der Waals surface area contributed by atoms with Crippen LogP contribution in [0.4, 0.5) is 10.8 Å². The molecule has 2 aromatic carbocycles. The van der Waals surface area contributed by atoms with Crippen LogP contribution in [0, 0.1) is 0 Å². The summed E-state index contributed by atoms with van der Waals surface area (Å²) in [5, 5.41) is 0.728. The zero-order chi connectivity index (χ0) is 21.7. The van der Waals surface area contributed by atoms with Crippen molar-refractivity contribution in [1.82, 2.24) is 4.98 Å². The summed E-state index contributed by atoms with van der Waals surface area (Å²) in [5.41, 5.74) is 2.59. The number of methoxy groups -OCH3 is 1. The molecule has 0 bridgehead atoms. The van der Waals surface area contributed by atoms with Gasteiger partial charge >= 0.3 is 0 Å². The lowest BCUT2D eigenvalue weighted by Crippen LogP contribution is -3.12. The van der Waals surface area contributed by atoms with Crippen LogP contribution in [-0.4, -0.2) is 58.3 Å². The Morgan fingerprint density at radius 1 is 1.10 bits per heavy atom. The SMILES string of the molecule is CC[NH+](CC)CCN(C(=O)c1ccc(N(C)C)cc1)c1nc2cc(OC)ccc2s1. The van der Waals surface area contributed by atoms with Gasteiger partial charge in [0, 0.05) is 31.4 Å². The number of rotatable bonds is 9. The van der Waals surface area contributed by atoms with Gasteiger partial charge in [-0.3, -0.25) is 9.69 Å². The number of amides is 1. The third-order valence-corrected chi connectivity index (χ3v) is 6.44. The summed E-state index contributed by atoms with van der Waals surface area (Å²) in [6.07, 6.45) is 0. The number of fused-ring (bicyclic) bond motifs is 1. The molecule has 0 fully saturated rings. The fourth-order valence-corrected chi connectivity index (χ4v) is 4.32. The molecule has 1 N–H and O–H groups in total. The topological polar surface area (TPSA) is 50.1 Å². The van der Waals surface area contributed by atoms with E-state index in [1.165, 1.54) is 4.90 Å². The van der Waals surface area contributed by atoms with E-state index in [1.807, 2.05) is 66.4 Å². The molecule has 0 aliphatic heterocycles. The number of ether oxygens (including phenoxy) is 1. The first-order valence-electron chi connectivity index (χ1n) is 10.3. The van der Waals surface area contributed by atoms with Gasteiger partial charge in [0.25, 0.3) is 5.91 Å². The smallest absolute Gasteiger partial charge is 0.260 e. The van der Waals surface area contributed by atoms with Crippen LogP contribution in [0.5, 0.6) is 5.75 Å². The highest BCUT2D eigenvalue weighted by molar-refractivity contribution is 7.22. The molecule has 30 heavy (non-hydrogen) atoms. The molecule has 0 radical (unpaired) electrons. The van der Waals surface area contributed by atoms with Crippen molar-refractivity contribution < 1.29 is 14.4 Å². The molecule has 0 aliphatic carbocycles. The van der Waals surface area contributed by atoms with Crippen LogP contribution in [0.25, 0.3) is 10.2 Å². The molecule has 1 amide bonds. The first kappa shape index (κ1) is 22.1. The van der Waals surface area contributed by atoms with Gasteiger partial charge in [-0.25, -0.2) is 4.98 Å². The van der Waals surface area contributed by atoms with E-state index in [1.54, 1.807) is 18.4 Å². The Bertz CT molecular complexity index is 981. The standard InChI is InChI=1S/C23H30N4O2S/c1-6-26(7-2)14-15-27(22(28)17-8-10-18(11-9-17)25(3)4)23-24-20-16-19(29-5)12-13-21(20)30-23/h8-13,16H,6-7,14-15H2,1-5H3/p+1. The number of thiazole rings is 1. The van der Waals surface area contributed by atoms with E-state index in [4.69, 9.17) is 9.72 Å². The van der Waals surface area contributed by atoms with Crippen LogP contribution < -0.4 is 19.4 Å². The van der Waals surface area contributed by atoms with Gasteiger partial charge in [0.05, 0.1) is 43.5 Å². The number of quaternary nitrogens is 1. The molecule has 0 saturated carbocycles. The number of anilines is 2. The summed E-state index contributed by atoms with van der Waals surface area (Å²) >= 11 is 1.54. The first-order chi connectivity index (χ1) is 14.5. The maximum absolute atomic E-state index is 13.5. The van der Waals surface area contributed by atoms with Gasteiger partial charge in [-0.05, 0) is 50.2 Å². The zero-order valence-corrected chi connectivity index (χ0v) is 19.3. The normalized spacial score (nSPS) is 11.1. The Balaban J connectivity index is 1.94. The van der Waals surface area contributed by atoms with Gasteiger partial charge in [-0.2, -0.15) is 0 Å². The number of nitrogens with one attached hydrogen (secondary N) is 1. The van der Waals surface area contributed by atoms with Crippen LogP contribution >= 0.6 is 11.3 Å². The molecule has 7 heteroatoms. The van der Waals surface area contributed by atoms with Gasteiger partial charge in [-0.1, -0.05) is 11.3 Å². The number of benzene rings is 2. The van der Waals surface area contributed by atoms with E-state index in [0.717, 1.165) is 46.4 Å². The minimum atomic E-state index is -0.0158. The summed E-state index contributed by atoms with van der Waals surface area (Å²) in [5.74, 6) is 0.752. The van der Waals surface area contributed by atoms with Gasteiger partial charge < -0.3 is 14.5 Å². The lowest BCUT2D eigenvalue weighted by atomic mass is 10.1. The second-order valence-electron chi connectivity index (χ2n) is 7.44. The molecule has 6 nitrogen and oxygen atoms in total. The summed E-state index contributed by atoms with van der Waals surface area (Å²) in [6, 6.07) is 13.6. The number of carbonyl (C=O) groups excluding carboxylic acids is 1. The molecule has 160 valence electrons. The Morgan fingerprint density at radius 2 is 1.80 bits per heavy atom. The maximum Gasteiger partial charge on any atom is 0.260 e. The number of aromatic nitrogens is 1. The number of hydrogen-bond donors (Lipinski definition) is 1. The van der Waals surface area contributed by atoms with Gasteiger partial charge in [0.2, 0.25) is 0 Å². The van der Waals surface area contributed by atoms with Crippen molar-refractivity contribution in [3.05, 3.63) is 48.0 Å². The molecular weight excluding hydrogens is 396 g/mol. The molecule has 3 aromatic rings. The zero-order valence-electron chi connectivity index (χ0n) is 18.4. The fourth-order valence-electron chi connectivity index (χ4n) is 3.35. The predicted molar refractivity (Wildman–Crippen MR) is 126 cm³/mol. The van der Waals surface area contributed by atoms with Crippen molar-refractivity contribution >= 4 is 38.3 Å². The molecular formula is C23H31N4O2S+. The van der Waals surface area contributed by atoms with E-state index < -0.39 is 0 Å². The van der Waals surface area contributed by atoms with Gasteiger partial charge in [0.15, 0.2) is 5.13 Å². The van der Waals surface area contributed by atoms with Crippen LogP contribution in [0.1, 0.15) is 24.2 Å². The molecule has 3 rings (SSSR count). The van der Waals surface area contributed by atoms with Crippen molar-refractivity contribution in [3.8, 4) is 5.75 Å². The third-order valence-electron chi connectivity index (χ3n) is 5.38. The van der Waals surface area contributed by atoms with E-state index in [2.05, 4.69) is 13.8 Å². The predicted octanol–water partition coefficient (Wildman–Crippen LogP) is 2.94. The Morgan fingerprint density at radius 3 is 2.40 bits per heavy atom. The second-order valence-corrected chi connectivity index (χ2v) is 8.44. The fraction of sp³-hybridized carbons (Fsp3) is 0.391. The van der Waals surface area contributed by atoms with E-state index >= 15 is 0 Å². The Kier molecular flexibility index (Phi) is 7.29. The van der Waals surface area contributed by atoms with Crippen molar-refractivity contribution in [1.29, 1.82) is 0 Å². The number of nitrogens with zero attached hydrogens (tertiary/aromatic N) is 3. The summed E-state index contributed by atoms with van der Waals surface area (Å²) in [6.45, 7) is 7.93. The molecule has 1 aromatic heterocycles. The second kappa shape index (κ2) is 9.91. The average molecular weight is 428 g/mol. The van der Waals surface area contributed by atoms with Gasteiger partial charge in [0.1, 0.15) is 5.75 Å². The first-order valence-corrected chi connectivity index (χ1v) is 11.2. The minimum Gasteiger partial charge on any atom is -0.497 e. The van der Waals surface area contributed by atoms with Gasteiger partial charge in [-0.15, -0.1) is 0 Å². The minimum absolute atomic E-state index is 0.0158. The molecule has 0 spiro atoms. The number of carbonyl (C=O) groups is 1. The monoisotopic (exact) mass is 427 g/mol. The van der Waals surface area contributed by atoms with Crippen molar-refractivity contribution in [3.63, 3.8) is 0 Å². The molecule has 0 atom stereocenters. The van der Waals surface area contributed by atoms with Crippen molar-refractivity contribution in [2.45, 2.75) is 13.8 Å². The average Bonchev–Trinajstić information content (AvgIpc) is 3.19. The van der Waals surface area contributed by atoms with Crippen molar-refractivity contribution in [2.24, 2.45) is 0 Å². The lowest BCUT2D eigenvalue weighted by molar-refractivity contribution is -0.894. The highest BCUT2D eigenvalue weighted by atomic mass is 32.1. The lowest BCUT2D eigenvalue weighted by Gasteiger charge is -2.23. The molecule has 1 heterocycles. The van der Waals surface area contributed by atoms with Crippen LogP contribution in [0.2, 0.25) is 0 Å². The Labute approximate surface area is 182 Å². The van der Waals surface area contributed by atoms with Crippen molar-refractivity contribution in [2.75, 3.05) is 57.2 Å². The van der Waals surface area contributed by atoms with Crippen LogP contribution in [0.3, 0.4) is 0 Å². The quantitative estimate of drug-likeness (QED) is 0.571. The van der Waals surface area contributed by atoms with E-state index in [0.29, 0.717) is 12.1 Å². The highest BCUT2D eigenvalue weighted by Crippen LogP contribution is 2.32. The van der Waals surface area contributed by atoms with Crippen LogP contribution in [0.15, 0.2) is 42.5 Å². The van der Waals surface area contributed by atoms with Crippen LogP contribution in [-0.2, 0) is 0 Å².